The Morgan fingerprint density at radius 1 is 0.763 bits per heavy atom. The van der Waals surface area contributed by atoms with Crippen LogP contribution in [0.5, 0.6) is 5.75 Å². The molecule has 3 aromatic carbocycles. The highest BCUT2D eigenvalue weighted by atomic mass is 33.1. The molecular weight excluding hydrogens is 1800 g/mol. The molecule has 1 unspecified atom stereocenters. The van der Waals surface area contributed by atoms with Gasteiger partial charge in [-0.3, -0.25) is 87.9 Å². The second-order valence-electron chi connectivity index (χ2n) is 35.4. The Hall–Kier alpha value is -12.7. The van der Waals surface area contributed by atoms with Crippen LogP contribution in [-0.2, 0) is 90.8 Å². The molecule has 16 atom stereocenters. The normalized spacial score (nSPS) is 24.1. The van der Waals surface area contributed by atoms with Crippen molar-refractivity contribution in [2.45, 2.75) is 188 Å². The number of nitrogens with one attached hydrogen (secondary N) is 9. The number of ether oxygens (including phenoxy) is 3. The number of aromatic nitrogens is 4. The summed E-state index contributed by atoms with van der Waals surface area (Å²) in [7, 11) is 6.45. The van der Waals surface area contributed by atoms with Crippen molar-refractivity contribution in [2.24, 2.45) is 34.8 Å². The van der Waals surface area contributed by atoms with Crippen LogP contribution in [0.15, 0.2) is 89.4 Å². The van der Waals surface area contributed by atoms with Crippen molar-refractivity contribution in [1.29, 1.82) is 5.41 Å². The summed E-state index contributed by atoms with van der Waals surface area (Å²) in [5.41, 5.74) is 13.7. The first kappa shape index (κ1) is 101. The number of aliphatic hydroxyl groups is 3. The molecule has 3 fully saturated rings. The first-order chi connectivity index (χ1) is 64.2. The molecule has 2 saturated heterocycles. The third kappa shape index (κ3) is 21.8. The second kappa shape index (κ2) is 42.9. The molecule has 2 bridgehead atoms. The van der Waals surface area contributed by atoms with Gasteiger partial charge in [-0.1, -0.05) is 71.9 Å². The molecular formula is C90H117N17O26S2. The van der Waals surface area contributed by atoms with Gasteiger partial charge in [0.15, 0.2) is 34.3 Å². The van der Waals surface area contributed by atoms with Crippen molar-refractivity contribution < 1.29 is 125 Å². The number of anilines is 3. The number of fused-ring (bicyclic) bond motifs is 6. The number of carbonyl (C=O) groups is 14. The first-order valence-corrected chi connectivity index (χ1v) is 46.8. The number of esters is 1. The van der Waals surface area contributed by atoms with E-state index in [4.69, 9.17) is 31.1 Å². The minimum absolute atomic E-state index is 0. The van der Waals surface area contributed by atoms with Crippen molar-refractivity contribution in [3.63, 3.8) is 0 Å². The summed E-state index contributed by atoms with van der Waals surface area (Å²) in [5, 5.41) is 109. The number of Topliss-reactive ketones (excluding diaryl/α,β-unsaturated/α-hetero) is 3. The van der Waals surface area contributed by atoms with Gasteiger partial charge in [0.2, 0.25) is 17.8 Å². The molecule has 5 aromatic rings. The maximum Gasteiger partial charge on any atom is 0.426 e. The number of ketones is 3. The zero-order valence-electron chi connectivity index (χ0n) is 75.0. The fourth-order valence-electron chi connectivity index (χ4n) is 20.9. The zero-order valence-corrected chi connectivity index (χ0v) is 76.6. The number of carboxylic acids is 5. The molecule has 0 radical (unpaired) electrons. The molecule has 43 nitrogen and oxygen atoms in total. The Bertz CT molecular complexity index is 5610. The van der Waals surface area contributed by atoms with Gasteiger partial charge < -0.3 is 98.0 Å². The summed E-state index contributed by atoms with van der Waals surface area (Å²) in [6.45, 7) is 6.04. The SMILES string of the molecule is CC[C@]1(O)C[C@H]2CN(CCC3=C(Cc4ccccc43)[C@@](C(=O)OC)(c3cc4c(cc3OC)N(C)[C@H]3[C@@](O)(C(=O)NNC(=O)OCCSSC[C@H](CC(=O)[C@H](CC(=O)O)NC(=O)[C@H](CC(=O)O)CC(=O)[C@H](CCCNC(=N)N)NC(=O)[C@@H](CC(=O)O)CC(=O)CC[C@@H](NC(=O)c5ccc(NCc6cnc7nc(N)[nH]c(=O)c7n6)cc5)C(=O)O)C(=O)O)[C@H](O)[C@]5(CC)C=CCN6CC[C@]43[C@@H]65)C2)C1.[2HH].[2HH]. The number of amides is 5. The fourth-order valence-corrected chi connectivity index (χ4v) is 23.1. The minimum atomic E-state index is -2.73. The van der Waals surface area contributed by atoms with E-state index >= 15 is 9.59 Å². The third-order valence-electron chi connectivity index (χ3n) is 27.1. The van der Waals surface area contributed by atoms with E-state index in [1.807, 2.05) is 50.3 Å². The second-order valence-corrected chi connectivity index (χ2v) is 38.1. The number of hydrogen-bond acceptors (Lipinski definition) is 32. The highest BCUT2D eigenvalue weighted by Gasteiger charge is 2.79. The summed E-state index contributed by atoms with van der Waals surface area (Å²) in [5.74, 6) is -22.6. The number of benzene rings is 3. The average molecular weight is 1920 g/mol. The smallest absolute Gasteiger partial charge is 0.426 e. The van der Waals surface area contributed by atoms with Crippen LogP contribution in [0.1, 0.15) is 158 Å². The molecule has 730 valence electrons. The number of likely N-dealkylation sites (N-methyl/N-ethyl adjacent to an activating group) is 1. The van der Waals surface area contributed by atoms with Crippen molar-refractivity contribution >= 4 is 144 Å². The van der Waals surface area contributed by atoms with Crippen LogP contribution in [0.3, 0.4) is 0 Å². The van der Waals surface area contributed by atoms with Gasteiger partial charge in [-0.2, -0.15) is 4.98 Å². The van der Waals surface area contributed by atoms with E-state index in [2.05, 4.69) is 79.3 Å². The monoisotopic (exact) mass is 1920 g/mol. The number of carbonyl (C=O) groups excluding carboxylic acids is 9. The average Bonchev–Trinajstić information content (AvgIpc) is 1.48. The fraction of sp³-hybridized carbons (Fsp3) is 0.522. The number of methoxy groups -OCH3 is 2. The van der Waals surface area contributed by atoms with E-state index in [1.165, 1.54) is 44.7 Å². The summed E-state index contributed by atoms with van der Waals surface area (Å²) < 4.78 is 17.9. The number of nitrogens with zero attached hydrogens (tertiary/aromatic N) is 6. The van der Waals surface area contributed by atoms with Crippen molar-refractivity contribution in [3.8, 4) is 5.75 Å². The van der Waals surface area contributed by atoms with Gasteiger partial charge >= 0.3 is 41.9 Å². The van der Waals surface area contributed by atoms with Gasteiger partial charge in [0.25, 0.3) is 17.4 Å². The summed E-state index contributed by atoms with van der Waals surface area (Å²) in [4.78, 5) is 223. The van der Waals surface area contributed by atoms with Gasteiger partial charge in [0.1, 0.15) is 35.7 Å². The van der Waals surface area contributed by atoms with Crippen LogP contribution in [0.4, 0.5) is 22.1 Å². The number of hydrogen-bond donors (Lipinski definition) is 19. The Morgan fingerprint density at radius 2 is 1.45 bits per heavy atom. The first-order valence-electron chi connectivity index (χ1n) is 44.3. The number of nitrogens with two attached hydrogens (primary N) is 2. The maximum atomic E-state index is 15.7. The lowest BCUT2D eigenvalue weighted by atomic mass is 9.47. The van der Waals surface area contributed by atoms with Crippen LogP contribution in [0.2, 0.25) is 0 Å². The summed E-state index contributed by atoms with van der Waals surface area (Å²) in [6.07, 6.45) is -3.02. The Morgan fingerprint density at radius 3 is 2.12 bits per heavy atom. The molecule has 1 spiro atoms. The predicted molar refractivity (Wildman–Crippen MR) is 492 cm³/mol. The molecule has 45 heteroatoms. The van der Waals surface area contributed by atoms with Gasteiger partial charge in [-0.25, -0.2) is 25.0 Å². The highest BCUT2D eigenvalue weighted by Crippen LogP contribution is 2.68. The number of rotatable bonds is 44. The van der Waals surface area contributed by atoms with E-state index in [1.54, 1.807) is 11.9 Å². The third-order valence-corrected chi connectivity index (χ3v) is 29.5. The molecule has 5 aliphatic heterocycles. The van der Waals surface area contributed by atoms with Crippen LogP contribution in [-0.4, -0.2) is 286 Å². The lowest BCUT2D eigenvalue weighted by Crippen LogP contribution is -2.82. The van der Waals surface area contributed by atoms with Crippen molar-refractivity contribution in [2.75, 3.05) is 94.6 Å². The number of hydrazine groups is 1. The summed E-state index contributed by atoms with van der Waals surface area (Å²) >= 11 is 0. The molecule has 12 rings (SSSR count). The van der Waals surface area contributed by atoms with Crippen LogP contribution in [0, 0.1) is 34.5 Å². The number of carboxylic acid groups (broad SMARTS) is 5. The molecule has 135 heavy (non-hydrogen) atoms. The van der Waals surface area contributed by atoms with Crippen LogP contribution < -0.4 is 64.1 Å². The van der Waals surface area contributed by atoms with E-state index in [0.29, 0.717) is 98.8 Å². The lowest BCUT2D eigenvalue weighted by Gasteiger charge is -2.63. The molecule has 1 saturated carbocycles. The molecule has 21 N–H and O–H groups in total. The quantitative estimate of drug-likeness (QED) is 0.00507. The number of H-pyrrole nitrogens is 1. The van der Waals surface area contributed by atoms with Crippen LogP contribution >= 0.6 is 21.6 Å². The van der Waals surface area contributed by atoms with E-state index in [-0.39, 0.29) is 81.7 Å². The topological polar surface area (TPSA) is 670 Å². The number of piperidine rings is 1. The number of aliphatic hydroxyl groups excluding tert-OH is 1. The van der Waals surface area contributed by atoms with E-state index < -0.39 is 234 Å². The van der Waals surface area contributed by atoms with E-state index in [9.17, 15) is 103 Å². The van der Waals surface area contributed by atoms with Crippen molar-refractivity contribution in [1.82, 2.24) is 61.9 Å². The van der Waals surface area contributed by atoms with E-state index in [0.717, 1.165) is 43.9 Å². The van der Waals surface area contributed by atoms with Crippen molar-refractivity contribution in [3.05, 3.63) is 128 Å². The van der Waals surface area contributed by atoms with Gasteiger partial charge in [0.05, 0.1) is 93.4 Å². The highest BCUT2D eigenvalue weighted by molar-refractivity contribution is 8.76. The predicted octanol–water partition coefficient (Wildman–Crippen LogP) is 2.56. The van der Waals surface area contributed by atoms with Gasteiger partial charge in [-0.15, -0.1) is 0 Å². The summed E-state index contributed by atoms with van der Waals surface area (Å²) in [6, 6.07) is 10.4. The number of guanidine groups is 1. The lowest BCUT2D eigenvalue weighted by molar-refractivity contribution is -0.204. The Kier molecular flexibility index (Phi) is 32.2. The molecule has 7 heterocycles. The minimum Gasteiger partial charge on any atom is -0.496 e. The zero-order chi connectivity index (χ0) is 97.9. The molecule has 5 amide bonds. The largest absolute Gasteiger partial charge is 0.496 e. The van der Waals surface area contributed by atoms with Gasteiger partial charge in [-0.05, 0) is 135 Å². The number of aliphatic carboxylic acids is 5. The standard InChI is InChI=1S/C90H113N17O26S2.2H2/c1-6-86(129)39-46-40-89(82(127)132-5,57-31-48-12-8-9-13-55(48)56(57)21-26-106(43-46)45-86)59-36-58-63(38-66(59)131-4)105(3)79-88(58)23-27-107-25-11-22-87(7-2,78(88)107)80(125)90(79,130)81(126)103-104-85(128)133-28-29-134-135-44-51(76(121)122)33-65(110)62(37-69(115)116)100-74(119)50(35-68(113)114)32-64(109)60(14-10-24-94-83(91)92)98-73(118)49(34-67(111)112)30-54(108)19-20-61(77(123)124)99-72(117)47-15-17-52(18-16-47)95-41-53-42-96-71-70(97-53)75(120)102-84(93)101-71;;/h8-9,11-13,15-18,22,36,38,42,46,49-51,60-62,78-80,95,125,129-130H,6-7,10,14,19-21,23-35,37,39-41,43-45H2,1-5H3,(H,98,118)(H,99,117)(H,100,119)(H,103,126)(H,104,128)(H,111,112)(H,113,114)(H,115,116)(H,121,122)(H,123,124)(H4,91,92,94)(H3,93,96,101,102,120);2*1H/t46-,49-,50+,51+,60+,61-,62+,78+,79-,80-,86+,87-,88-,89-,90+;;/m1../s1/i;2*1+1. The Balaban J connectivity index is 0.00000969. The molecule has 2 aromatic heterocycles. The van der Waals surface area contributed by atoms with Crippen LogP contribution in [0.25, 0.3) is 16.7 Å². The Labute approximate surface area is 784 Å². The number of aromatic amines is 1. The number of nitrogen functional groups attached to an aromatic ring is 1. The van der Waals surface area contributed by atoms with Gasteiger partial charge in [0, 0.05) is 125 Å². The molecule has 2 aliphatic carbocycles. The maximum absolute atomic E-state index is 15.7. The molecule has 7 aliphatic rings.